The van der Waals surface area contributed by atoms with Gasteiger partial charge in [-0.1, -0.05) is 12.1 Å². The zero-order chi connectivity index (χ0) is 10.2. The van der Waals surface area contributed by atoms with Crippen LogP contribution in [0.25, 0.3) is 0 Å². The summed E-state index contributed by atoms with van der Waals surface area (Å²) in [5.41, 5.74) is 2.81. The molecule has 3 aliphatic carbocycles. The minimum atomic E-state index is 0.0318. The Morgan fingerprint density at radius 1 is 1.53 bits per heavy atom. The van der Waals surface area contributed by atoms with Gasteiger partial charge in [0, 0.05) is 11.5 Å². The molecule has 15 heavy (non-hydrogen) atoms. The minimum absolute atomic E-state index is 0.0318. The molecule has 2 heteroatoms. The van der Waals surface area contributed by atoms with E-state index in [2.05, 4.69) is 12.1 Å². The summed E-state index contributed by atoms with van der Waals surface area (Å²) in [6.07, 6.45) is 1.06. The van der Waals surface area contributed by atoms with Crippen molar-refractivity contribution < 1.29 is 4.74 Å². The van der Waals surface area contributed by atoms with E-state index in [-0.39, 0.29) is 5.41 Å². The topological polar surface area (TPSA) is 33.0 Å². The normalized spacial score (nSPS) is 42.3. The highest BCUT2D eigenvalue weighted by atomic mass is 16.5. The van der Waals surface area contributed by atoms with Crippen LogP contribution in [-0.2, 0) is 0 Å². The maximum absolute atomic E-state index is 9.18. The van der Waals surface area contributed by atoms with E-state index in [4.69, 9.17) is 4.74 Å². The van der Waals surface area contributed by atoms with Crippen molar-refractivity contribution in [3.05, 3.63) is 29.3 Å². The second kappa shape index (κ2) is 2.04. The van der Waals surface area contributed by atoms with E-state index in [9.17, 15) is 5.26 Å². The Morgan fingerprint density at radius 3 is 3.13 bits per heavy atom. The quantitative estimate of drug-likeness (QED) is 0.692. The first-order chi connectivity index (χ1) is 7.33. The monoisotopic (exact) mass is 197 g/mol. The van der Waals surface area contributed by atoms with Crippen molar-refractivity contribution >= 4 is 0 Å². The highest BCUT2D eigenvalue weighted by Crippen LogP contribution is 2.87. The molecule has 0 unspecified atom stereocenters. The number of ether oxygens (including phenoxy) is 1. The van der Waals surface area contributed by atoms with E-state index in [0.717, 1.165) is 12.2 Å². The number of hydrogen-bond acceptors (Lipinski definition) is 2. The van der Waals surface area contributed by atoms with Crippen LogP contribution >= 0.6 is 0 Å². The van der Waals surface area contributed by atoms with Crippen LogP contribution in [0.2, 0.25) is 0 Å². The number of nitrogens with zero attached hydrogens (tertiary/aromatic N) is 1. The first kappa shape index (κ1) is 7.76. The van der Waals surface area contributed by atoms with Crippen molar-refractivity contribution in [1.29, 1.82) is 5.26 Å². The summed E-state index contributed by atoms with van der Waals surface area (Å²) >= 11 is 0. The lowest BCUT2D eigenvalue weighted by atomic mass is 9.69. The fourth-order valence-electron chi connectivity index (χ4n) is 4.00. The molecule has 0 aliphatic heterocycles. The fourth-order valence-corrected chi connectivity index (χ4v) is 4.00. The molecule has 1 aromatic rings. The van der Waals surface area contributed by atoms with Gasteiger partial charge < -0.3 is 4.74 Å². The van der Waals surface area contributed by atoms with Gasteiger partial charge in [0.25, 0.3) is 0 Å². The molecule has 0 aromatic heterocycles. The molecule has 74 valence electrons. The van der Waals surface area contributed by atoms with Crippen LogP contribution in [0.4, 0.5) is 0 Å². The van der Waals surface area contributed by atoms with Gasteiger partial charge in [0.2, 0.25) is 0 Å². The standard InChI is InChI=1S/C13H11NO/c1-15-9-4-2-3-7-10(9)8-5-13(6-14)11(7)12(8)13/h2-4,8,11-12H,5H2,1H3/t8-,11-,12+,13-/m0/s1. The third kappa shape index (κ3) is 0.587. The average Bonchev–Trinajstić information content (AvgIpc) is 2.66. The Bertz CT molecular complexity index is 516. The Balaban J connectivity index is 1.92. The van der Waals surface area contributed by atoms with Crippen molar-refractivity contribution in [1.82, 2.24) is 0 Å². The van der Waals surface area contributed by atoms with Crippen LogP contribution in [0.5, 0.6) is 5.75 Å². The molecule has 4 atom stereocenters. The maximum atomic E-state index is 9.18. The first-order valence-corrected chi connectivity index (χ1v) is 5.41. The molecule has 0 radical (unpaired) electrons. The predicted octanol–water partition coefficient (Wildman–Crippen LogP) is 2.42. The third-order valence-corrected chi connectivity index (χ3v) is 4.62. The molecule has 2 fully saturated rings. The summed E-state index contributed by atoms with van der Waals surface area (Å²) in [6, 6.07) is 8.78. The van der Waals surface area contributed by atoms with Crippen LogP contribution in [-0.4, -0.2) is 7.11 Å². The number of methoxy groups -OCH3 is 1. The minimum Gasteiger partial charge on any atom is -0.496 e. The molecule has 0 spiro atoms. The summed E-state index contributed by atoms with van der Waals surface area (Å²) in [5.74, 6) is 2.78. The Hall–Kier alpha value is -1.49. The summed E-state index contributed by atoms with van der Waals surface area (Å²) in [7, 11) is 1.73. The van der Waals surface area contributed by atoms with Crippen LogP contribution in [0.15, 0.2) is 18.2 Å². The maximum Gasteiger partial charge on any atom is 0.122 e. The molecule has 4 rings (SSSR count). The van der Waals surface area contributed by atoms with Crippen molar-refractivity contribution in [2.45, 2.75) is 18.3 Å². The van der Waals surface area contributed by atoms with Gasteiger partial charge in [0.1, 0.15) is 5.75 Å². The van der Waals surface area contributed by atoms with Crippen LogP contribution in [0, 0.1) is 22.7 Å². The number of nitriles is 1. The molecule has 2 nitrogen and oxygen atoms in total. The van der Waals surface area contributed by atoms with Crippen LogP contribution < -0.4 is 4.74 Å². The smallest absolute Gasteiger partial charge is 0.122 e. The number of fused-ring (bicyclic) bond motifs is 4. The van der Waals surface area contributed by atoms with Crippen molar-refractivity contribution in [3.8, 4) is 11.8 Å². The largest absolute Gasteiger partial charge is 0.496 e. The zero-order valence-corrected chi connectivity index (χ0v) is 8.53. The molecule has 0 saturated heterocycles. The Labute approximate surface area is 88.5 Å². The van der Waals surface area contributed by atoms with E-state index >= 15 is 0 Å². The van der Waals surface area contributed by atoms with Crippen molar-refractivity contribution in [3.63, 3.8) is 0 Å². The van der Waals surface area contributed by atoms with Gasteiger partial charge in [-0.2, -0.15) is 5.26 Å². The average molecular weight is 197 g/mol. The molecular formula is C13H11NO. The van der Waals surface area contributed by atoms with Crippen LogP contribution in [0.3, 0.4) is 0 Å². The molecule has 1 aromatic carbocycles. The molecule has 3 aliphatic rings. The molecule has 0 heterocycles. The second-order valence-corrected chi connectivity index (χ2v) is 4.93. The molecule has 2 saturated carbocycles. The van der Waals surface area contributed by atoms with Gasteiger partial charge in [-0.3, -0.25) is 0 Å². The number of hydrogen-bond donors (Lipinski definition) is 0. The number of rotatable bonds is 1. The first-order valence-electron chi connectivity index (χ1n) is 5.41. The van der Waals surface area contributed by atoms with E-state index in [1.165, 1.54) is 11.1 Å². The van der Waals surface area contributed by atoms with Crippen LogP contribution in [0.1, 0.15) is 29.4 Å². The lowest BCUT2D eigenvalue weighted by Crippen LogP contribution is -2.25. The SMILES string of the molecule is COc1cccc2c1[C@@H]1C[C@@]3(C#N)[C@H]1[C@H]23. The van der Waals surface area contributed by atoms with Gasteiger partial charge in [-0.05, 0) is 29.9 Å². The fraction of sp³-hybridized carbons (Fsp3) is 0.462. The lowest BCUT2D eigenvalue weighted by molar-refractivity contribution is 0.298. The van der Waals surface area contributed by atoms with E-state index in [0.29, 0.717) is 17.8 Å². The summed E-state index contributed by atoms with van der Waals surface area (Å²) in [6.45, 7) is 0. The molecule has 0 amide bonds. The van der Waals surface area contributed by atoms with Gasteiger partial charge in [0.05, 0.1) is 18.6 Å². The summed E-state index contributed by atoms with van der Waals surface area (Å²) in [5, 5.41) is 9.18. The van der Waals surface area contributed by atoms with Gasteiger partial charge in [-0.15, -0.1) is 0 Å². The molecule has 0 bridgehead atoms. The highest BCUT2D eigenvalue weighted by Gasteiger charge is 2.81. The zero-order valence-electron chi connectivity index (χ0n) is 8.53. The van der Waals surface area contributed by atoms with Crippen molar-refractivity contribution in [2.24, 2.45) is 11.3 Å². The summed E-state index contributed by atoms with van der Waals surface area (Å²) < 4.78 is 5.40. The summed E-state index contributed by atoms with van der Waals surface area (Å²) in [4.78, 5) is 0. The second-order valence-electron chi connectivity index (χ2n) is 4.93. The molecule has 0 N–H and O–H groups in total. The number of benzene rings is 1. The third-order valence-electron chi connectivity index (χ3n) is 4.62. The van der Waals surface area contributed by atoms with E-state index < -0.39 is 0 Å². The van der Waals surface area contributed by atoms with E-state index in [1.54, 1.807) is 7.11 Å². The van der Waals surface area contributed by atoms with Crippen molar-refractivity contribution in [2.75, 3.05) is 7.11 Å². The van der Waals surface area contributed by atoms with Gasteiger partial charge in [0.15, 0.2) is 0 Å². The Kier molecular flexibility index (Phi) is 1.05. The highest BCUT2D eigenvalue weighted by molar-refractivity contribution is 5.63. The van der Waals surface area contributed by atoms with E-state index in [1.807, 2.05) is 12.1 Å². The van der Waals surface area contributed by atoms with Gasteiger partial charge >= 0.3 is 0 Å². The Morgan fingerprint density at radius 2 is 2.40 bits per heavy atom. The lowest BCUT2D eigenvalue weighted by Gasteiger charge is -2.33. The molecular weight excluding hydrogens is 186 g/mol. The predicted molar refractivity (Wildman–Crippen MR) is 54.6 cm³/mol. The van der Waals surface area contributed by atoms with Gasteiger partial charge in [-0.25, -0.2) is 0 Å².